The van der Waals surface area contributed by atoms with Crippen LogP contribution < -0.4 is 5.32 Å². The fourth-order valence-electron chi connectivity index (χ4n) is 1.58. The first-order chi connectivity index (χ1) is 9.54. The zero-order chi connectivity index (χ0) is 15.0. The molecule has 1 rings (SSSR count). The van der Waals surface area contributed by atoms with Crippen LogP contribution in [0.25, 0.3) is 0 Å². The molecule has 0 aromatic heterocycles. The number of carbonyl (C=O) groups is 2. The molecule has 0 bridgehead atoms. The molecule has 0 saturated carbocycles. The first kappa shape index (κ1) is 16.5. The van der Waals surface area contributed by atoms with Crippen LogP contribution in [-0.2, 0) is 16.0 Å². The third-order valence-corrected chi connectivity index (χ3v) is 3.48. The van der Waals surface area contributed by atoms with Crippen LogP contribution in [-0.4, -0.2) is 29.8 Å². The summed E-state index contributed by atoms with van der Waals surface area (Å²) in [5.74, 6) is -1.09. The lowest BCUT2D eigenvalue weighted by Gasteiger charge is -2.15. The van der Waals surface area contributed by atoms with E-state index < -0.39 is 18.1 Å². The second-order valence-electron chi connectivity index (χ2n) is 4.32. The van der Waals surface area contributed by atoms with E-state index in [1.807, 2.05) is 31.2 Å². The Morgan fingerprint density at radius 3 is 2.70 bits per heavy atom. The summed E-state index contributed by atoms with van der Waals surface area (Å²) >= 11 is 3.35. The highest BCUT2D eigenvalue weighted by molar-refractivity contribution is 9.10. The fraction of sp³-hybridized carbons (Fsp3) is 0.429. The van der Waals surface area contributed by atoms with Crippen molar-refractivity contribution in [3.05, 3.63) is 34.3 Å². The van der Waals surface area contributed by atoms with Gasteiger partial charge in [0.1, 0.15) is 6.04 Å². The van der Waals surface area contributed by atoms with E-state index in [4.69, 9.17) is 9.84 Å². The number of ether oxygens (including phenoxy) is 1. The summed E-state index contributed by atoms with van der Waals surface area (Å²) < 4.78 is 5.72. The van der Waals surface area contributed by atoms with Crippen LogP contribution in [0.1, 0.15) is 25.3 Å². The number of hydrogen-bond donors (Lipinski definition) is 2. The highest BCUT2D eigenvalue weighted by atomic mass is 79.9. The Morgan fingerprint density at radius 2 is 2.10 bits per heavy atom. The van der Waals surface area contributed by atoms with E-state index in [0.29, 0.717) is 6.61 Å². The van der Waals surface area contributed by atoms with E-state index in [0.717, 1.165) is 22.9 Å². The predicted molar refractivity (Wildman–Crippen MR) is 78.7 cm³/mol. The number of nitrogens with one attached hydrogen (secondary N) is 1. The number of hydrogen-bond acceptors (Lipinski definition) is 3. The first-order valence-corrected chi connectivity index (χ1v) is 7.23. The average molecular weight is 344 g/mol. The van der Waals surface area contributed by atoms with E-state index >= 15 is 0 Å². The number of carbonyl (C=O) groups excluding carboxylic acids is 1. The maximum atomic E-state index is 11.5. The van der Waals surface area contributed by atoms with Crippen molar-refractivity contribution >= 4 is 28.0 Å². The van der Waals surface area contributed by atoms with Crippen molar-refractivity contribution in [2.45, 2.75) is 32.2 Å². The van der Waals surface area contributed by atoms with E-state index in [-0.39, 0.29) is 6.42 Å². The molecule has 110 valence electrons. The van der Waals surface area contributed by atoms with Crippen LogP contribution in [0, 0.1) is 0 Å². The van der Waals surface area contributed by atoms with E-state index in [2.05, 4.69) is 21.2 Å². The van der Waals surface area contributed by atoms with Gasteiger partial charge in [0.05, 0.1) is 6.61 Å². The van der Waals surface area contributed by atoms with Gasteiger partial charge in [-0.3, -0.25) is 0 Å². The molecule has 0 spiro atoms. The largest absolute Gasteiger partial charge is 0.480 e. The minimum atomic E-state index is -1.09. The lowest BCUT2D eigenvalue weighted by molar-refractivity contribution is -0.139. The Hall–Kier alpha value is -1.56. The van der Waals surface area contributed by atoms with Crippen molar-refractivity contribution in [2.75, 3.05) is 6.61 Å². The summed E-state index contributed by atoms with van der Waals surface area (Å²) in [7, 11) is 0. The Bertz CT molecular complexity index is 464. The van der Waals surface area contributed by atoms with Crippen molar-refractivity contribution in [1.29, 1.82) is 0 Å². The van der Waals surface area contributed by atoms with Crippen LogP contribution >= 0.6 is 15.9 Å². The van der Waals surface area contributed by atoms with Crippen LogP contribution in [0.4, 0.5) is 4.79 Å². The Kier molecular flexibility index (Phi) is 7.08. The molecular weight excluding hydrogens is 326 g/mol. The summed E-state index contributed by atoms with van der Waals surface area (Å²) in [5.41, 5.74) is 0.814. The number of halogens is 1. The first-order valence-electron chi connectivity index (χ1n) is 6.44. The highest BCUT2D eigenvalue weighted by Gasteiger charge is 2.21. The monoisotopic (exact) mass is 343 g/mol. The molecule has 0 saturated heterocycles. The number of aliphatic carboxylic acids is 1. The van der Waals surface area contributed by atoms with Crippen LogP contribution in [0.3, 0.4) is 0 Å². The van der Waals surface area contributed by atoms with E-state index in [9.17, 15) is 9.59 Å². The van der Waals surface area contributed by atoms with E-state index in [1.54, 1.807) is 0 Å². The molecule has 1 atom stereocenters. The molecule has 0 heterocycles. The van der Waals surface area contributed by atoms with Gasteiger partial charge in [0.25, 0.3) is 0 Å². The van der Waals surface area contributed by atoms with Crippen molar-refractivity contribution in [3.63, 3.8) is 0 Å². The number of benzene rings is 1. The lowest BCUT2D eigenvalue weighted by atomic mass is 10.1. The van der Waals surface area contributed by atoms with Crippen molar-refractivity contribution in [2.24, 2.45) is 0 Å². The molecule has 20 heavy (non-hydrogen) atoms. The molecule has 1 aromatic rings. The average Bonchev–Trinajstić information content (AvgIpc) is 2.40. The number of carboxylic acids is 1. The quantitative estimate of drug-likeness (QED) is 0.746. The molecular formula is C14H18BrNO4. The Morgan fingerprint density at radius 1 is 1.40 bits per heavy atom. The van der Waals surface area contributed by atoms with Crippen molar-refractivity contribution in [1.82, 2.24) is 5.32 Å². The van der Waals surface area contributed by atoms with Crippen LogP contribution in [0.5, 0.6) is 0 Å². The molecule has 5 nitrogen and oxygen atoms in total. The van der Waals surface area contributed by atoms with Gasteiger partial charge in [-0.15, -0.1) is 0 Å². The van der Waals surface area contributed by atoms with Gasteiger partial charge in [-0.25, -0.2) is 9.59 Å². The zero-order valence-corrected chi connectivity index (χ0v) is 12.9. The third-order valence-electron chi connectivity index (χ3n) is 2.70. The summed E-state index contributed by atoms with van der Waals surface area (Å²) in [6, 6.07) is 6.29. The highest BCUT2D eigenvalue weighted by Crippen LogP contribution is 2.17. The summed E-state index contributed by atoms with van der Waals surface area (Å²) in [5, 5.41) is 11.5. The molecule has 0 aliphatic heterocycles. The molecule has 6 heteroatoms. The number of carboxylic acid groups (broad SMARTS) is 1. The van der Waals surface area contributed by atoms with Gasteiger partial charge in [0.2, 0.25) is 0 Å². The summed E-state index contributed by atoms with van der Waals surface area (Å²) in [4.78, 5) is 22.7. The van der Waals surface area contributed by atoms with Crippen LogP contribution in [0.15, 0.2) is 28.7 Å². The number of amides is 1. The van der Waals surface area contributed by atoms with Gasteiger partial charge in [-0.05, 0) is 18.1 Å². The molecule has 2 N–H and O–H groups in total. The van der Waals surface area contributed by atoms with Gasteiger partial charge in [-0.2, -0.15) is 0 Å². The van der Waals surface area contributed by atoms with Gasteiger partial charge in [-0.1, -0.05) is 47.5 Å². The topological polar surface area (TPSA) is 75.6 Å². The second kappa shape index (κ2) is 8.58. The van der Waals surface area contributed by atoms with Gasteiger partial charge in [0, 0.05) is 10.9 Å². The zero-order valence-electron chi connectivity index (χ0n) is 11.3. The van der Waals surface area contributed by atoms with Gasteiger partial charge < -0.3 is 15.2 Å². The van der Waals surface area contributed by atoms with Crippen molar-refractivity contribution in [3.8, 4) is 0 Å². The molecule has 0 aliphatic rings. The fourth-order valence-corrected chi connectivity index (χ4v) is 2.02. The summed E-state index contributed by atoms with van der Waals surface area (Å²) in [6.07, 6.45) is 1.17. The maximum absolute atomic E-state index is 11.5. The normalized spacial score (nSPS) is 11.7. The molecule has 0 radical (unpaired) electrons. The minimum absolute atomic E-state index is 0.194. The SMILES string of the molecule is CCCCOC(=O)NC(Cc1ccccc1Br)C(=O)O. The number of unbranched alkanes of at least 4 members (excludes halogenated alkanes) is 1. The minimum Gasteiger partial charge on any atom is -0.480 e. The maximum Gasteiger partial charge on any atom is 0.407 e. The number of alkyl carbamates (subject to hydrolysis) is 1. The molecule has 1 aromatic carbocycles. The summed E-state index contributed by atoms with van der Waals surface area (Å²) in [6.45, 7) is 2.28. The molecule has 1 unspecified atom stereocenters. The molecule has 0 fully saturated rings. The van der Waals surface area contributed by atoms with Crippen LogP contribution in [0.2, 0.25) is 0 Å². The Labute approximate surface area is 126 Å². The molecule has 0 aliphatic carbocycles. The van der Waals surface area contributed by atoms with Gasteiger partial charge in [0.15, 0.2) is 0 Å². The Balaban J connectivity index is 2.59. The molecule has 1 amide bonds. The van der Waals surface area contributed by atoms with Gasteiger partial charge >= 0.3 is 12.1 Å². The second-order valence-corrected chi connectivity index (χ2v) is 5.17. The van der Waals surface area contributed by atoms with Crippen molar-refractivity contribution < 1.29 is 19.4 Å². The van der Waals surface area contributed by atoms with E-state index in [1.165, 1.54) is 0 Å². The number of rotatable bonds is 7. The predicted octanol–water partition coefficient (Wildman–Crippen LogP) is 2.97. The lowest BCUT2D eigenvalue weighted by Crippen LogP contribution is -2.42. The standard InChI is InChI=1S/C14H18BrNO4/c1-2-3-8-20-14(19)16-12(13(17)18)9-10-6-4-5-7-11(10)15/h4-7,12H,2-3,8-9H2,1H3,(H,16,19)(H,17,18). The smallest absolute Gasteiger partial charge is 0.407 e. The third kappa shape index (κ3) is 5.61.